The minimum atomic E-state index is 0.867. The van der Waals surface area contributed by atoms with Crippen LogP contribution in [0.15, 0.2) is 114 Å². The molecule has 6 rings (SSSR count). The summed E-state index contributed by atoms with van der Waals surface area (Å²) in [6.45, 7) is 2.06. The van der Waals surface area contributed by atoms with Crippen LogP contribution in [0.4, 0.5) is 0 Å². The van der Waals surface area contributed by atoms with Crippen LogP contribution in [-0.4, -0.2) is 9.97 Å². The summed E-state index contributed by atoms with van der Waals surface area (Å²) in [5, 5.41) is 2.11. The van der Waals surface area contributed by atoms with E-state index in [-0.39, 0.29) is 0 Å². The third-order valence-corrected chi connectivity index (χ3v) is 6.74. The van der Waals surface area contributed by atoms with Crippen LogP contribution >= 0.6 is 12.6 Å². The van der Waals surface area contributed by atoms with E-state index in [9.17, 15) is 0 Å². The van der Waals surface area contributed by atoms with Gasteiger partial charge in [0.1, 0.15) is 0 Å². The van der Waals surface area contributed by atoms with E-state index in [0.717, 1.165) is 65.6 Å². The van der Waals surface area contributed by atoms with E-state index in [1.807, 2.05) is 79.0 Å². The molecule has 0 atom stereocenters. The lowest BCUT2D eigenvalue weighted by Crippen LogP contribution is -1.86. The van der Waals surface area contributed by atoms with E-state index in [0.29, 0.717) is 0 Å². The third kappa shape index (κ3) is 5.75. The van der Waals surface area contributed by atoms with Gasteiger partial charge in [0.15, 0.2) is 0 Å². The van der Waals surface area contributed by atoms with Gasteiger partial charge in [0.25, 0.3) is 0 Å². The van der Waals surface area contributed by atoms with Crippen molar-refractivity contribution in [3.8, 4) is 35.5 Å². The van der Waals surface area contributed by atoms with Gasteiger partial charge in [0.05, 0.1) is 11.0 Å². The van der Waals surface area contributed by atoms with Crippen LogP contribution in [-0.2, 0) is 0 Å². The van der Waals surface area contributed by atoms with Gasteiger partial charge in [-0.15, -0.1) is 12.6 Å². The minimum Gasteiger partial charge on any atom is -0.254 e. The normalized spacial score (nSPS) is 10.2. The molecule has 3 heteroatoms. The number of hydrogen-bond acceptors (Lipinski definition) is 3. The summed E-state index contributed by atoms with van der Waals surface area (Å²) < 4.78 is 0. The molecular formula is C37H22N2S. The maximum absolute atomic E-state index is 4.64. The molecule has 0 amide bonds. The predicted octanol–water partition coefficient (Wildman–Crippen LogP) is 7.58. The smallest absolute Gasteiger partial charge is 0.0965 e. The molecule has 0 fully saturated rings. The van der Waals surface area contributed by atoms with Crippen molar-refractivity contribution >= 4 is 34.4 Å². The summed E-state index contributed by atoms with van der Waals surface area (Å²) in [6.07, 6.45) is 3.60. The summed E-state index contributed by atoms with van der Waals surface area (Å²) in [4.78, 5) is 10.1. The predicted molar refractivity (Wildman–Crippen MR) is 166 cm³/mol. The third-order valence-electron chi connectivity index (χ3n) is 6.45. The second kappa shape index (κ2) is 11.2. The highest BCUT2D eigenvalue weighted by atomic mass is 32.1. The zero-order valence-electron chi connectivity index (χ0n) is 21.7. The Bertz CT molecular complexity index is 2070. The second-order valence-corrected chi connectivity index (χ2v) is 9.86. The number of benzene rings is 4. The Hall–Kier alpha value is -5.27. The highest BCUT2D eigenvalue weighted by Gasteiger charge is 2.03. The number of rotatable bonds is 0. The van der Waals surface area contributed by atoms with Crippen molar-refractivity contribution in [1.29, 1.82) is 0 Å². The molecule has 0 N–H and O–H groups in total. The van der Waals surface area contributed by atoms with Crippen molar-refractivity contribution in [3.05, 3.63) is 148 Å². The highest BCUT2D eigenvalue weighted by Crippen LogP contribution is 2.22. The average molecular weight is 527 g/mol. The number of aryl methyl sites for hydroxylation is 1. The molecule has 0 unspecified atom stereocenters. The molecule has 0 aliphatic heterocycles. The average Bonchev–Trinajstić information content (AvgIpc) is 2.99. The Morgan fingerprint density at radius 2 is 1.10 bits per heavy atom. The van der Waals surface area contributed by atoms with Crippen molar-refractivity contribution in [2.75, 3.05) is 0 Å². The van der Waals surface area contributed by atoms with Gasteiger partial charge in [-0.3, -0.25) is 9.97 Å². The molecule has 0 saturated carbocycles. The first-order valence-corrected chi connectivity index (χ1v) is 13.2. The zero-order chi connectivity index (χ0) is 27.3. The summed E-state index contributed by atoms with van der Waals surface area (Å²) in [5.41, 5.74) is 8.55. The van der Waals surface area contributed by atoms with E-state index in [4.69, 9.17) is 0 Å². The van der Waals surface area contributed by atoms with E-state index in [1.165, 1.54) is 0 Å². The van der Waals surface area contributed by atoms with Gasteiger partial charge in [0, 0.05) is 61.4 Å². The van der Waals surface area contributed by atoms with Crippen LogP contribution in [0.25, 0.3) is 21.8 Å². The molecule has 0 spiro atoms. The fourth-order valence-corrected chi connectivity index (χ4v) is 4.45. The fraction of sp³-hybridized carbons (Fsp3) is 0.0270. The Kier molecular flexibility index (Phi) is 7.03. The summed E-state index contributed by atoms with van der Waals surface area (Å²) in [7, 11) is 0. The fourth-order valence-electron chi connectivity index (χ4n) is 4.30. The van der Waals surface area contributed by atoms with Crippen LogP contribution in [0.2, 0.25) is 0 Å². The summed E-state index contributed by atoms with van der Waals surface area (Å²) in [5.74, 6) is 19.4. The van der Waals surface area contributed by atoms with E-state index >= 15 is 0 Å². The molecule has 0 saturated heterocycles. The van der Waals surface area contributed by atoms with Crippen LogP contribution < -0.4 is 0 Å². The lowest BCUT2D eigenvalue weighted by molar-refractivity contribution is 1.36. The largest absolute Gasteiger partial charge is 0.254 e. The molecule has 0 bridgehead atoms. The molecule has 2 heterocycles. The molecule has 2 aromatic heterocycles. The number of thiol groups is 1. The lowest BCUT2D eigenvalue weighted by Gasteiger charge is -2.02. The van der Waals surface area contributed by atoms with Crippen LogP contribution in [0.5, 0.6) is 0 Å². The number of nitrogens with zero attached hydrogens (tertiary/aromatic N) is 2. The van der Waals surface area contributed by atoms with Crippen molar-refractivity contribution in [2.24, 2.45) is 0 Å². The standard InChI is InChI=1S/C37H22N2S/c1-26-23-30(10-8-29-14-20-35(40)21-15-29)13-17-32(26)16-12-28-6-4-27(5-7-28)9-11-31-24-34-19-18-33-3-2-22-38-36(33)37(34)39-25-31/h2-7,13-15,17-25,40H,1H3. The van der Waals surface area contributed by atoms with Crippen LogP contribution in [0.3, 0.4) is 0 Å². The summed E-state index contributed by atoms with van der Waals surface area (Å²) in [6, 6.07) is 32.1. The molecule has 2 nitrogen and oxygen atoms in total. The topological polar surface area (TPSA) is 25.8 Å². The first kappa shape index (κ1) is 25.0. The first-order valence-electron chi connectivity index (χ1n) is 12.8. The Labute approximate surface area is 239 Å². The van der Waals surface area contributed by atoms with Gasteiger partial charge in [0.2, 0.25) is 0 Å². The second-order valence-electron chi connectivity index (χ2n) is 9.34. The van der Waals surface area contributed by atoms with Gasteiger partial charge in [-0.25, -0.2) is 0 Å². The van der Waals surface area contributed by atoms with Crippen molar-refractivity contribution < 1.29 is 0 Å². The van der Waals surface area contributed by atoms with Crippen LogP contribution in [0.1, 0.15) is 38.9 Å². The SMILES string of the molecule is Cc1cc(C#Cc2ccc(S)cc2)ccc1C#Cc1ccc(C#Cc2cnc3c(ccc4cccnc43)c2)cc1. The van der Waals surface area contributed by atoms with Gasteiger partial charge < -0.3 is 0 Å². The monoisotopic (exact) mass is 526 g/mol. The van der Waals surface area contributed by atoms with Gasteiger partial charge >= 0.3 is 0 Å². The molecule has 40 heavy (non-hydrogen) atoms. The first-order chi connectivity index (χ1) is 19.6. The molecule has 186 valence electrons. The van der Waals surface area contributed by atoms with Gasteiger partial charge in [-0.1, -0.05) is 53.7 Å². The minimum absolute atomic E-state index is 0.867. The molecule has 4 aromatic carbocycles. The van der Waals surface area contributed by atoms with Crippen molar-refractivity contribution in [2.45, 2.75) is 11.8 Å². The van der Waals surface area contributed by atoms with Crippen LogP contribution in [0, 0.1) is 42.4 Å². The molecular weight excluding hydrogens is 504 g/mol. The molecule has 0 aliphatic carbocycles. The Morgan fingerprint density at radius 1 is 0.525 bits per heavy atom. The van der Waals surface area contributed by atoms with E-state index in [2.05, 4.69) is 89.3 Å². The zero-order valence-corrected chi connectivity index (χ0v) is 22.6. The van der Waals surface area contributed by atoms with Gasteiger partial charge in [-0.05, 0) is 91.3 Å². The summed E-state index contributed by atoms with van der Waals surface area (Å²) >= 11 is 4.32. The van der Waals surface area contributed by atoms with Crippen molar-refractivity contribution in [3.63, 3.8) is 0 Å². The van der Waals surface area contributed by atoms with Gasteiger partial charge in [-0.2, -0.15) is 0 Å². The molecule has 6 aromatic rings. The number of fused-ring (bicyclic) bond motifs is 3. The quantitative estimate of drug-likeness (QED) is 0.125. The molecule has 0 aliphatic rings. The Morgan fingerprint density at radius 3 is 1.82 bits per heavy atom. The maximum atomic E-state index is 4.64. The van der Waals surface area contributed by atoms with Crippen molar-refractivity contribution in [1.82, 2.24) is 9.97 Å². The maximum Gasteiger partial charge on any atom is 0.0965 e. The van der Waals surface area contributed by atoms with E-state index in [1.54, 1.807) is 6.20 Å². The number of pyridine rings is 2. The number of aromatic nitrogens is 2. The lowest BCUT2D eigenvalue weighted by atomic mass is 10.0. The number of hydrogen-bond donors (Lipinski definition) is 1. The molecule has 0 radical (unpaired) electrons. The van der Waals surface area contributed by atoms with E-state index < -0.39 is 0 Å². The Balaban J connectivity index is 1.15. The highest BCUT2D eigenvalue weighted by molar-refractivity contribution is 7.80.